The Kier molecular flexibility index (Phi) is 7.33. The number of ketones is 1. The SMILES string of the molecule is CC1(C)C[C@H]1N(CC(=O)c1c(Cl)cncc1Cl)C(=O)c1cnn([C@H]2CC[C@](C)(C(=O)O)CC2)c1C(F)(F)F. The zero-order valence-corrected chi connectivity index (χ0v) is 22.5. The van der Waals surface area contributed by atoms with Gasteiger partial charge >= 0.3 is 12.1 Å². The number of rotatable bonds is 7. The van der Waals surface area contributed by atoms with Gasteiger partial charge in [0.1, 0.15) is 0 Å². The molecule has 38 heavy (non-hydrogen) atoms. The highest BCUT2D eigenvalue weighted by atomic mass is 35.5. The van der Waals surface area contributed by atoms with Gasteiger partial charge in [-0.05, 0) is 44.4 Å². The Hall–Kier alpha value is -2.66. The van der Waals surface area contributed by atoms with Crippen molar-refractivity contribution in [3.8, 4) is 0 Å². The summed E-state index contributed by atoms with van der Waals surface area (Å²) in [6, 6.07) is -1.20. The summed E-state index contributed by atoms with van der Waals surface area (Å²) >= 11 is 12.2. The molecule has 13 heteroatoms. The van der Waals surface area contributed by atoms with Crippen molar-refractivity contribution in [3.05, 3.63) is 45.5 Å². The number of alkyl halides is 3. The number of hydrogen-bond donors (Lipinski definition) is 1. The van der Waals surface area contributed by atoms with Crippen LogP contribution in [0.5, 0.6) is 0 Å². The van der Waals surface area contributed by atoms with Crippen LogP contribution in [0.2, 0.25) is 10.0 Å². The van der Waals surface area contributed by atoms with Crippen molar-refractivity contribution in [3.63, 3.8) is 0 Å². The fraction of sp³-hybridized carbons (Fsp3) is 0.560. The second kappa shape index (κ2) is 9.82. The normalized spacial score (nSPS) is 24.6. The van der Waals surface area contributed by atoms with E-state index in [0.717, 1.165) is 15.8 Å². The first-order valence-corrected chi connectivity index (χ1v) is 12.8. The van der Waals surface area contributed by atoms with Crippen LogP contribution in [-0.2, 0) is 11.0 Å². The monoisotopic (exact) mass is 574 g/mol. The van der Waals surface area contributed by atoms with Crippen LogP contribution in [0, 0.1) is 10.8 Å². The molecule has 0 aliphatic heterocycles. The third-order valence-electron chi connectivity index (χ3n) is 7.76. The number of hydrogen-bond acceptors (Lipinski definition) is 5. The Morgan fingerprint density at radius 1 is 1.11 bits per heavy atom. The van der Waals surface area contributed by atoms with Crippen molar-refractivity contribution in [1.29, 1.82) is 0 Å². The Labute approximate surface area is 227 Å². The van der Waals surface area contributed by atoms with Crippen LogP contribution < -0.4 is 0 Å². The average molecular weight is 575 g/mol. The van der Waals surface area contributed by atoms with Gasteiger partial charge in [-0.3, -0.25) is 24.0 Å². The van der Waals surface area contributed by atoms with E-state index in [9.17, 15) is 32.7 Å². The summed E-state index contributed by atoms with van der Waals surface area (Å²) in [5, 5.41) is 13.4. The van der Waals surface area contributed by atoms with Gasteiger partial charge in [-0.1, -0.05) is 37.0 Å². The summed E-state index contributed by atoms with van der Waals surface area (Å²) in [5.74, 6) is -2.59. The number of aliphatic carboxylic acids is 1. The smallest absolute Gasteiger partial charge is 0.433 e. The van der Waals surface area contributed by atoms with Crippen molar-refractivity contribution in [2.24, 2.45) is 10.8 Å². The first kappa shape index (κ1) is 28.4. The highest BCUT2D eigenvalue weighted by molar-refractivity contribution is 6.39. The number of Topliss-reactive ketones (excluding diaryl/α,β-unsaturated/α-hetero) is 1. The maximum absolute atomic E-state index is 14.4. The van der Waals surface area contributed by atoms with Crippen LogP contribution in [0.4, 0.5) is 13.2 Å². The van der Waals surface area contributed by atoms with E-state index in [2.05, 4.69) is 10.1 Å². The third-order valence-corrected chi connectivity index (χ3v) is 8.33. The largest absolute Gasteiger partial charge is 0.481 e. The van der Waals surface area contributed by atoms with Gasteiger partial charge < -0.3 is 10.0 Å². The molecule has 4 rings (SSSR count). The van der Waals surface area contributed by atoms with E-state index in [0.29, 0.717) is 6.42 Å². The minimum absolute atomic E-state index is 0.0283. The summed E-state index contributed by atoms with van der Waals surface area (Å²) in [6.07, 6.45) is -0.406. The fourth-order valence-electron chi connectivity index (χ4n) is 5.14. The summed E-state index contributed by atoms with van der Waals surface area (Å²) in [6.45, 7) is 4.75. The zero-order chi connectivity index (χ0) is 28.2. The highest BCUT2D eigenvalue weighted by Gasteiger charge is 2.53. The lowest BCUT2D eigenvalue weighted by Crippen LogP contribution is -2.40. The highest BCUT2D eigenvalue weighted by Crippen LogP contribution is 2.50. The van der Waals surface area contributed by atoms with Crippen molar-refractivity contribution in [2.45, 2.75) is 71.1 Å². The number of aromatic nitrogens is 3. The lowest BCUT2D eigenvalue weighted by molar-refractivity contribution is -0.152. The zero-order valence-electron chi connectivity index (χ0n) is 21.0. The van der Waals surface area contributed by atoms with Crippen molar-refractivity contribution >= 4 is 40.9 Å². The topological polar surface area (TPSA) is 105 Å². The molecule has 1 atom stereocenters. The molecular formula is C25H27Cl2F3N4O4. The van der Waals surface area contributed by atoms with Gasteiger partial charge in [-0.25, -0.2) is 0 Å². The van der Waals surface area contributed by atoms with Gasteiger partial charge in [0.15, 0.2) is 11.5 Å². The Morgan fingerprint density at radius 2 is 1.66 bits per heavy atom. The predicted molar refractivity (Wildman–Crippen MR) is 132 cm³/mol. The van der Waals surface area contributed by atoms with E-state index in [-0.39, 0.29) is 41.3 Å². The molecule has 0 aromatic carbocycles. The number of pyridine rings is 1. The number of carboxylic acid groups (broad SMARTS) is 1. The average Bonchev–Trinajstić information content (AvgIpc) is 3.22. The van der Waals surface area contributed by atoms with E-state index in [4.69, 9.17) is 23.2 Å². The van der Waals surface area contributed by atoms with Crippen LogP contribution in [0.1, 0.15) is 85.3 Å². The number of nitrogens with zero attached hydrogens (tertiary/aromatic N) is 4. The number of halogens is 5. The Morgan fingerprint density at radius 3 is 2.13 bits per heavy atom. The van der Waals surface area contributed by atoms with Gasteiger partial charge in [-0.2, -0.15) is 18.3 Å². The van der Waals surface area contributed by atoms with Gasteiger partial charge in [0, 0.05) is 18.4 Å². The summed E-state index contributed by atoms with van der Waals surface area (Å²) in [5.41, 5.74) is -3.35. The molecule has 2 heterocycles. The van der Waals surface area contributed by atoms with Crippen molar-refractivity contribution in [1.82, 2.24) is 19.7 Å². The van der Waals surface area contributed by atoms with E-state index in [1.807, 2.05) is 13.8 Å². The maximum Gasteiger partial charge on any atom is 0.433 e. The van der Waals surface area contributed by atoms with Crippen LogP contribution in [-0.4, -0.2) is 55.0 Å². The quantitative estimate of drug-likeness (QED) is 0.410. The minimum Gasteiger partial charge on any atom is -0.481 e. The first-order valence-electron chi connectivity index (χ1n) is 12.1. The fourth-order valence-corrected chi connectivity index (χ4v) is 5.71. The minimum atomic E-state index is -4.92. The van der Waals surface area contributed by atoms with Crippen LogP contribution in [0.15, 0.2) is 18.6 Å². The summed E-state index contributed by atoms with van der Waals surface area (Å²) < 4.78 is 43.9. The molecule has 2 fully saturated rings. The van der Waals surface area contributed by atoms with Gasteiger partial charge in [-0.15, -0.1) is 0 Å². The Balaban J connectivity index is 1.68. The second-order valence-corrected chi connectivity index (χ2v) is 11.8. The van der Waals surface area contributed by atoms with Gasteiger partial charge in [0.2, 0.25) is 0 Å². The number of carboxylic acids is 1. The molecule has 0 radical (unpaired) electrons. The van der Waals surface area contributed by atoms with Crippen LogP contribution >= 0.6 is 23.2 Å². The molecule has 0 spiro atoms. The molecule has 2 aromatic rings. The molecule has 0 bridgehead atoms. The molecular weight excluding hydrogens is 548 g/mol. The standard InChI is InChI=1S/C25H27Cl2F3N4O4/c1-23(2)8-18(23)33(12-17(35)19-15(26)10-31-11-16(19)27)21(36)14-9-32-34(20(14)25(28,29)30)13-4-6-24(3,7-5-13)22(37)38/h9-11,13,18H,4-8,12H2,1-3H3,(H,37,38)/t13-,18-,24-/m1/s1. The molecule has 0 unspecified atom stereocenters. The van der Waals surface area contributed by atoms with Gasteiger partial charge in [0.25, 0.3) is 5.91 Å². The van der Waals surface area contributed by atoms with E-state index < -0.39 is 64.6 Å². The molecule has 2 aliphatic rings. The van der Waals surface area contributed by atoms with Crippen molar-refractivity contribution < 1.29 is 32.7 Å². The van der Waals surface area contributed by atoms with Crippen LogP contribution in [0.25, 0.3) is 0 Å². The van der Waals surface area contributed by atoms with E-state index in [1.54, 1.807) is 6.92 Å². The van der Waals surface area contributed by atoms with Crippen LogP contribution in [0.3, 0.4) is 0 Å². The summed E-state index contributed by atoms with van der Waals surface area (Å²) in [4.78, 5) is 43.3. The number of carbonyl (C=O) groups excluding carboxylic acids is 2. The van der Waals surface area contributed by atoms with E-state index in [1.165, 1.54) is 12.4 Å². The number of amides is 1. The second-order valence-electron chi connectivity index (χ2n) is 11.0. The predicted octanol–water partition coefficient (Wildman–Crippen LogP) is 5.93. The molecule has 1 amide bonds. The van der Waals surface area contributed by atoms with Gasteiger partial charge in [0.05, 0.1) is 45.4 Å². The summed E-state index contributed by atoms with van der Waals surface area (Å²) in [7, 11) is 0. The number of carbonyl (C=O) groups is 3. The molecule has 2 saturated carbocycles. The molecule has 2 aromatic heterocycles. The third kappa shape index (κ3) is 5.27. The molecule has 1 N–H and O–H groups in total. The van der Waals surface area contributed by atoms with Crippen molar-refractivity contribution in [2.75, 3.05) is 6.54 Å². The molecule has 206 valence electrons. The molecule has 0 saturated heterocycles. The molecule has 2 aliphatic carbocycles. The maximum atomic E-state index is 14.4. The Bertz CT molecular complexity index is 1270. The lowest BCUT2D eigenvalue weighted by Gasteiger charge is -2.34. The van der Waals surface area contributed by atoms with E-state index >= 15 is 0 Å². The molecule has 8 nitrogen and oxygen atoms in total. The first-order chi connectivity index (χ1) is 17.6. The lowest BCUT2D eigenvalue weighted by atomic mass is 9.74.